The van der Waals surface area contributed by atoms with E-state index in [1.807, 2.05) is 0 Å². The van der Waals surface area contributed by atoms with Crippen molar-refractivity contribution in [1.29, 1.82) is 0 Å². The first-order valence-corrected chi connectivity index (χ1v) is 37.4. The Hall–Kier alpha value is -3.40. The van der Waals surface area contributed by atoms with Gasteiger partial charge in [-0.3, -0.25) is 0 Å². The minimum atomic E-state index is -5.45. The minimum absolute atomic E-state index is 0.227. The second kappa shape index (κ2) is 16.1. The molecular formula is C54H60Cl2O2SiZr. The fourth-order valence-electron chi connectivity index (χ4n) is 10.3. The van der Waals surface area contributed by atoms with Crippen LogP contribution in [0.5, 0.6) is 0 Å². The summed E-state index contributed by atoms with van der Waals surface area (Å²) >= 11 is -5.45. The zero-order valence-corrected chi connectivity index (χ0v) is 42.6. The third-order valence-electron chi connectivity index (χ3n) is 14.0. The molecule has 0 spiro atoms. The van der Waals surface area contributed by atoms with Gasteiger partial charge < -0.3 is 0 Å². The van der Waals surface area contributed by atoms with E-state index in [0.29, 0.717) is 0 Å². The van der Waals surface area contributed by atoms with Crippen LogP contribution in [0.25, 0.3) is 45.6 Å². The molecule has 310 valence electrons. The van der Waals surface area contributed by atoms with Crippen molar-refractivity contribution >= 4 is 45.8 Å². The van der Waals surface area contributed by atoms with Gasteiger partial charge in [-0.2, -0.15) is 0 Å². The van der Waals surface area contributed by atoms with Crippen LogP contribution in [0.2, 0.25) is 13.1 Å². The molecule has 0 aliphatic heterocycles. The predicted molar refractivity (Wildman–Crippen MR) is 258 cm³/mol. The molecule has 0 saturated carbocycles. The number of allylic oxidation sites excluding steroid dienone is 2. The van der Waals surface area contributed by atoms with Crippen molar-refractivity contribution in [1.82, 2.24) is 0 Å². The summed E-state index contributed by atoms with van der Waals surface area (Å²) in [4.78, 5) is 0. The Morgan fingerprint density at radius 3 is 1.13 bits per heavy atom. The van der Waals surface area contributed by atoms with Crippen LogP contribution < -0.4 is 0 Å². The van der Waals surface area contributed by atoms with E-state index in [1.54, 1.807) is 0 Å². The molecule has 60 heavy (non-hydrogen) atoms. The molecule has 6 heteroatoms. The number of fused-ring (bicyclic) bond motifs is 2. The average molecular weight is 931 g/mol. The fraction of sp³-hybridized carbons (Fsp3) is 0.333. The Morgan fingerprint density at radius 2 is 0.850 bits per heavy atom. The molecule has 0 bridgehead atoms. The summed E-state index contributed by atoms with van der Waals surface area (Å²) in [5.74, 6) is 3.59. The topological polar surface area (TPSA) is 26.3 Å². The van der Waals surface area contributed by atoms with Crippen molar-refractivity contribution in [3.05, 3.63) is 163 Å². The number of benzene rings is 4. The molecule has 2 nitrogen and oxygen atoms in total. The molecule has 2 unspecified atom stereocenters. The molecule has 0 amide bonds. The summed E-state index contributed by atoms with van der Waals surface area (Å²) in [5.41, 5.74) is 20.9. The van der Waals surface area contributed by atoms with Crippen LogP contribution in [0, 0.1) is 41.5 Å². The SMILES string of the molecule is CCc1cc(CC)cc(-c2c(C)ccc3c2C=C(c2cc(C)c(C)o2)[CH]3[Zr]([Cl])([Cl])([CH]2C(c3cc(C)c(C)o3)=Cc3c2ccc(C)c3-c2cc(CC)cc(CC)c2)=[Si](C)C)c1. The van der Waals surface area contributed by atoms with Gasteiger partial charge in [-0.1, -0.05) is 0 Å². The third kappa shape index (κ3) is 6.92. The van der Waals surface area contributed by atoms with Crippen LogP contribution in [-0.4, -0.2) is 5.43 Å². The summed E-state index contributed by atoms with van der Waals surface area (Å²) in [6.07, 6.45) is 8.76. The number of aryl methyl sites for hydroxylation is 10. The normalized spacial score (nSPS) is 16.2. The maximum atomic E-state index is 9.10. The average Bonchev–Trinajstić information content (AvgIpc) is 4.00. The molecular weight excluding hydrogens is 871 g/mol. The Bertz CT molecular complexity index is 2600. The van der Waals surface area contributed by atoms with Gasteiger partial charge in [0.15, 0.2) is 0 Å². The molecule has 6 aromatic rings. The van der Waals surface area contributed by atoms with Gasteiger partial charge in [-0.25, -0.2) is 0 Å². The zero-order valence-electron chi connectivity index (χ0n) is 37.6. The standard InChI is InChI=1S/2C26H27O.C2H6Si.2ClH.Zr/c2*1-6-19-11-20(7-2)13-23(12-19)26-16(3)8-9-21-14-22(15-24(21)26)25-10-17(4)18(5)27-25;1-3-2;;;/h2*8-15H,6-7H2,1-5H3;1-2H3;2*1H;/q;;;;;+2/p-2. The predicted octanol–water partition coefficient (Wildman–Crippen LogP) is 16.4. The van der Waals surface area contributed by atoms with E-state index in [1.165, 1.54) is 77.9 Å². The van der Waals surface area contributed by atoms with Gasteiger partial charge in [0.2, 0.25) is 0 Å². The summed E-state index contributed by atoms with van der Waals surface area (Å²) in [6, 6.07) is 28.0. The quantitative estimate of drug-likeness (QED) is 0.128. The van der Waals surface area contributed by atoms with E-state index in [-0.39, 0.29) is 7.25 Å². The van der Waals surface area contributed by atoms with Gasteiger partial charge in [0, 0.05) is 0 Å². The van der Waals surface area contributed by atoms with Gasteiger partial charge in [0.05, 0.1) is 0 Å². The summed E-state index contributed by atoms with van der Waals surface area (Å²) in [7, 11) is 18.2. The van der Waals surface area contributed by atoms with Gasteiger partial charge in [-0.05, 0) is 0 Å². The van der Waals surface area contributed by atoms with Gasteiger partial charge >= 0.3 is 370 Å². The number of hydrogen-bond donors (Lipinski definition) is 0. The van der Waals surface area contributed by atoms with Gasteiger partial charge in [0.1, 0.15) is 0 Å². The van der Waals surface area contributed by atoms with Crippen LogP contribution in [0.15, 0.2) is 81.6 Å². The van der Waals surface area contributed by atoms with Crippen molar-refractivity contribution < 1.29 is 23.8 Å². The molecule has 0 fully saturated rings. The Labute approximate surface area is 366 Å². The first kappa shape index (κ1) is 43.3. The van der Waals surface area contributed by atoms with Gasteiger partial charge in [-0.15, -0.1) is 0 Å². The van der Waals surface area contributed by atoms with Crippen molar-refractivity contribution in [3.63, 3.8) is 0 Å². The summed E-state index contributed by atoms with van der Waals surface area (Å²) in [6.45, 7) is 26.7. The van der Waals surface area contributed by atoms with E-state index >= 15 is 0 Å². The molecule has 2 aliphatic rings. The molecule has 0 radical (unpaired) electrons. The van der Waals surface area contributed by atoms with E-state index in [0.717, 1.165) is 71.0 Å². The number of halogens is 2. The second-order valence-electron chi connectivity index (χ2n) is 17.9. The van der Waals surface area contributed by atoms with Crippen molar-refractivity contribution in [2.75, 3.05) is 0 Å². The Balaban J connectivity index is 1.47. The van der Waals surface area contributed by atoms with Crippen LogP contribution in [0.1, 0.15) is 125 Å². The van der Waals surface area contributed by atoms with E-state index in [9.17, 15) is 0 Å². The van der Waals surface area contributed by atoms with Crippen LogP contribution in [0.4, 0.5) is 0 Å². The molecule has 2 aromatic heterocycles. The van der Waals surface area contributed by atoms with E-state index < -0.39 is 20.4 Å². The molecule has 8 rings (SSSR count). The van der Waals surface area contributed by atoms with Crippen LogP contribution in [0.3, 0.4) is 0 Å². The van der Waals surface area contributed by atoms with Crippen LogP contribution in [-0.2, 0) is 40.7 Å². The fourth-order valence-corrected chi connectivity index (χ4v) is 37.9. The molecule has 2 aliphatic carbocycles. The molecule has 4 aromatic carbocycles. The Morgan fingerprint density at radius 1 is 0.500 bits per heavy atom. The third-order valence-corrected chi connectivity index (χ3v) is 60.3. The van der Waals surface area contributed by atoms with Crippen LogP contribution >= 0.6 is 17.0 Å². The first-order valence-electron chi connectivity index (χ1n) is 22.0. The summed E-state index contributed by atoms with van der Waals surface area (Å²) in [5, 5.41) is 0. The van der Waals surface area contributed by atoms with Crippen molar-refractivity contribution in [2.45, 2.75) is 115 Å². The number of rotatable bonds is 10. The second-order valence-corrected chi connectivity index (χ2v) is 56.7. The Kier molecular flexibility index (Phi) is 11.6. The monoisotopic (exact) mass is 928 g/mol. The van der Waals surface area contributed by atoms with Gasteiger partial charge in [0.25, 0.3) is 0 Å². The number of hydrogen-bond acceptors (Lipinski definition) is 2. The zero-order chi connectivity index (χ0) is 43.0. The molecule has 2 atom stereocenters. The maximum absolute atomic E-state index is 9.10. The molecule has 2 heterocycles. The summed E-state index contributed by atoms with van der Waals surface area (Å²) < 4.78 is 13.1. The first-order chi connectivity index (χ1) is 28.5. The molecule has 0 saturated heterocycles. The number of furan rings is 2. The van der Waals surface area contributed by atoms with Crippen molar-refractivity contribution in [3.8, 4) is 22.3 Å². The molecule has 0 N–H and O–H groups in total. The van der Waals surface area contributed by atoms with Crippen molar-refractivity contribution in [2.24, 2.45) is 0 Å². The van der Waals surface area contributed by atoms with E-state index in [4.69, 9.17) is 25.9 Å². The van der Waals surface area contributed by atoms with E-state index in [2.05, 4.69) is 167 Å².